The largest absolute Gasteiger partial charge is 0.384 e. The predicted molar refractivity (Wildman–Crippen MR) is 277 cm³/mol. The Kier molecular flexibility index (Phi) is 8.66. The van der Waals surface area contributed by atoms with Gasteiger partial charge in [-0.25, -0.2) is 0 Å². The summed E-state index contributed by atoms with van der Waals surface area (Å²) >= 11 is 1.89. The maximum Gasteiger partial charge on any atom is 0.0726 e. The Balaban J connectivity index is 1.04. The number of dihydropyridines is 1. The van der Waals surface area contributed by atoms with Crippen LogP contribution in [0.5, 0.6) is 0 Å². The number of allylic oxidation sites excluding steroid dienone is 5. The number of benzene rings is 8. The fourth-order valence-corrected chi connectivity index (χ4v) is 12.6. The summed E-state index contributed by atoms with van der Waals surface area (Å²) in [7, 11) is 0. The number of nitrogens with one attached hydrogen (secondary N) is 1. The van der Waals surface area contributed by atoms with Crippen LogP contribution in [0.4, 0.5) is 0 Å². The molecule has 310 valence electrons. The van der Waals surface area contributed by atoms with Crippen LogP contribution in [-0.2, 0) is 5.41 Å². The van der Waals surface area contributed by atoms with Crippen molar-refractivity contribution in [3.05, 3.63) is 240 Å². The van der Waals surface area contributed by atoms with Gasteiger partial charge in [-0.15, -0.1) is 11.3 Å². The van der Waals surface area contributed by atoms with Crippen molar-refractivity contribution in [1.82, 2.24) is 9.88 Å². The molecule has 1 N–H and O–H groups in total. The zero-order valence-corrected chi connectivity index (χ0v) is 37.3. The first-order valence-corrected chi connectivity index (χ1v) is 23.8. The highest BCUT2D eigenvalue weighted by Gasteiger charge is 2.52. The molecule has 0 saturated carbocycles. The lowest BCUT2D eigenvalue weighted by Crippen LogP contribution is -2.26. The Hall–Kier alpha value is -7.46. The second kappa shape index (κ2) is 14.8. The Bertz CT molecular complexity index is 3720. The van der Waals surface area contributed by atoms with E-state index >= 15 is 0 Å². The molecular weight excluding hydrogens is 805 g/mol. The van der Waals surface area contributed by atoms with Crippen LogP contribution in [0, 0.1) is 0 Å². The van der Waals surface area contributed by atoms with Gasteiger partial charge in [-0.3, -0.25) is 0 Å². The molecule has 0 saturated heterocycles. The summed E-state index contributed by atoms with van der Waals surface area (Å²) in [5, 5.41) is 8.73. The van der Waals surface area contributed by atoms with Crippen molar-refractivity contribution < 1.29 is 0 Å². The minimum atomic E-state index is -0.497. The van der Waals surface area contributed by atoms with Crippen LogP contribution in [0.2, 0.25) is 0 Å². The molecule has 2 aliphatic carbocycles. The predicted octanol–water partition coefficient (Wildman–Crippen LogP) is 16.3. The van der Waals surface area contributed by atoms with Gasteiger partial charge < -0.3 is 9.88 Å². The van der Waals surface area contributed by atoms with Gasteiger partial charge in [0.1, 0.15) is 0 Å². The number of hydrogen-bond donors (Lipinski definition) is 1. The monoisotopic (exact) mass is 850 g/mol. The minimum Gasteiger partial charge on any atom is -0.384 e. The van der Waals surface area contributed by atoms with Crippen molar-refractivity contribution in [2.24, 2.45) is 0 Å². The molecule has 2 aromatic heterocycles. The van der Waals surface area contributed by atoms with Crippen molar-refractivity contribution in [3.8, 4) is 39.1 Å². The van der Waals surface area contributed by atoms with Crippen molar-refractivity contribution in [1.29, 1.82) is 0 Å². The summed E-state index contributed by atoms with van der Waals surface area (Å²) in [4.78, 5) is 0. The number of thiophene rings is 1. The molecule has 8 aromatic carbocycles. The average Bonchev–Trinajstić information content (AvgIpc) is 4.09. The van der Waals surface area contributed by atoms with Crippen LogP contribution in [0.3, 0.4) is 0 Å². The summed E-state index contributed by atoms with van der Waals surface area (Å²) in [6.07, 6.45) is 15.3. The standard InChI is InChI=1S/C62H46N2S/c1-3-39(2)37-41(26-30-43-15-12-13-36-63-43)42-29-33-47-46-16-4-8-22-53(46)62(56(47)38-42)54-23-9-5-19-52(54)59-55(62)35-34-50-48-17-6-10-24-57(48)64(60(50)59)44-31-27-40(28-32-44)45-20-14-21-51-49-18-7-11-25-58(49)65-61(45)51/h4-29,31-38,43,63H,3,30H2,1-2H3/b39-37+,41-26+. The lowest BCUT2D eigenvalue weighted by molar-refractivity contribution is 0.704. The van der Waals surface area contributed by atoms with E-state index < -0.39 is 5.41 Å². The van der Waals surface area contributed by atoms with E-state index in [-0.39, 0.29) is 6.04 Å². The second-order valence-corrected chi connectivity index (χ2v) is 19.0. The molecule has 0 bridgehead atoms. The van der Waals surface area contributed by atoms with E-state index in [1.54, 1.807) is 0 Å². The van der Waals surface area contributed by atoms with Crippen molar-refractivity contribution >= 4 is 58.9 Å². The van der Waals surface area contributed by atoms with Gasteiger partial charge in [-0.05, 0) is 124 Å². The molecule has 3 heterocycles. The first kappa shape index (κ1) is 38.0. The van der Waals surface area contributed by atoms with Crippen LogP contribution in [0.1, 0.15) is 54.5 Å². The Morgan fingerprint density at radius 2 is 1.35 bits per heavy atom. The maximum absolute atomic E-state index is 3.54. The van der Waals surface area contributed by atoms with E-state index in [2.05, 4.69) is 230 Å². The van der Waals surface area contributed by atoms with Gasteiger partial charge >= 0.3 is 0 Å². The van der Waals surface area contributed by atoms with Crippen molar-refractivity contribution in [2.45, 2.75) is 38.1 Å². The summed E-state index contributed by atoms with van der Waals surface area (Å²) in [5.74, 6) is 0. The molecule has 0 radical (unpaired) electrons. The third-order valence-corrected chi connectivity index (χ3v) is 15.7. The molecule has 3 aliphatic rings. The van der Waals surface area contributed by atoms with E-state index in [9.17, 15) is 0 Å². The number of rotatable bonds is 7. The Morgan fingerprint density at radius 1 is 0.631 bits per heavy atom. The molecule has 1 aliphatic heterocycles. The molecular formula is C62H46N2S. The molecule has 13 rings (SSSR count). The number of para-hydroxylation sites is 1. The van der Waals surface area contributed by atoms with Crippen molar-refractivity contribution in [3.63, 3.8) is 0 Å². The van der Waals surface area contributed by atoms with Gasteiger partial charge in [0.05, 0.1) is 16.4 Å². The van der Waals surface area contributed by atoms with Gasteiger partial charge in [0.15, 0.2) is 0 Å². The summed E-state index contributed by atoms with van der Waals surface area (Å²) in [5.41, 5.74) is 20.2. The average molecular weight is 851 g/mol. The third kappa shape index (κ3) is 5.58. The summed E-state index contributed by atoms with van der Waals surface area (Å²) < 4.78 is 5.22. The highest BCUT2D eigenvalue weighted by atomic mass is 32.1. The Morgan fingerprint density at radius 3 is 2.18 bits per heavy atom. The third-order valence-electron chi connectivity index (χ3n) is 14.5. The lowest BCUT2D eigenvalue weighted by atomic mass is 9.70. The van der Waals surface area contributed by atoms with Crippen LogP contribution in [-0.4, -0.2) is 10.6 Å². The molecule has 65 heavy (non-hydrogen) atoms. The highest BCUT2D eigenvalue weighted by molar-refractivity contribution is 7.26. The maximum atomic E-state index is 3.54. The quantitative estimate of drug-likeness (QED) is 0.158. The number of aromatic nitrogens is 1. The molecule has 0 fully saturated rings. The van der Waals surface area contributed by atoms with Gasteiger partial charge in [-0.2, -0.15) is 0 Å². The molecule has 2 unspecified atom stereocenters. The number of hydrogen-bond acceptors (Lipinski definition) is 2. The van der Waals surface area contributed by atoms with Crippen LogP contribution >= 0.6 is 11.3 Å². The molecule has 2 nitrogen and oxygen atoms in total. The highest BCUT2D eigenvalue weighted by Crippen LogP contribution is 2.64. The first-order valence-electron chi connectivity index (χ1n) is 23.0. The zero-order chi connectivity index (χ0) is 43.2. The van der Waals surface area contributed by atoms with Crippen LogP contribution in [0.15, 0.2) is 212 Å². The lowest BCUT2D eigenvalue weighted by Gasteiger charge is -2.31. The van der Waals surface area contributed by atoms with E-state index in [0.29, 0.717) is 0 Å². The second-order valence-electron chi connectivity index (χ2n) is 17.9. The smallest absolute Gasteiger partial charge is 0.0726 e. The molecule has 1 spiro atoms. The molecule has 3 heteroatoms. The van der Waals surface area contributed by atoms with Crippen LogP contribution < -0.4 is 5.32 Å². The van der Waals surface area contributed by atoms with Gasteiger partial charge in [0.2, 0.25) is 0 Å². The van der Waals surface area contributed by atoms with E-state index in [0.717, 1.165) is 18.5 Å². The number of fused-ring (bicyclic) bond motifs is 17. The Labute approximate surface area is 383 Å². The molecule has 2 atom stereocenters. The van der Waals surface area contributed by atoms with E-state index in [1.165, 1.54) is 114 Å². The van der Waals surface area contributed by atoms with Crippen LogP contribution in [0.25, 0.3) is 86.6 Å². The van der Waals surface area contributed by atoms with E-state index in [1.807, 2.05) is 11.3 Å². The summed E-state index contributed by atoms with van der Waals surface area (Å²) in [6, 6.07) is 64.7. The number of nitrogens with zero attached hydrogens (tertiary/aromatic N) is 1. The molecule has 0 amide bonds. The van der Waals surface area contributed by atoms with Gasteiger partial charge in [0.25, 0.3) is 0 Å². The van der Waals surface area contributed by atoms with Gasteiger partial charge in [0, 0.05) is 48.2 Å². The fourth-order valence-electron chi connectivity index (χ4n) is 11.4. The summed E-state index contributed by atoms with van der Waals surface area (Å²) in [6.45, 7) is 4.51. The minimum absolute atomic E-state index is 0.269. The normalized spacial score (nSPS) is 17.3. The zero-order valence-electron chi connectivity index (χ0n) is 36.5. The first-order chi connectivity index (χ1) is 32.1. The van der Waals surface area contributed by atoms with E-state index in [4.69, 9.17) is 0 Å². The topological polar surface area (TPSA) is 17.0 Å². The van der Waals surface area contributed by atoms with Crippen molar-refractivity contribution in [2.75, 3.05) is 0 Å². The SMILES string of the molecule is CC/C(C)=C/C(=C\CC1C=CC=CN1)c1ccc2c(c1)C1(c3ccccc3-2)c2ccccc2-c2c1ccc1c3ccccc3n(-c3ccc(-c4cccc5c4sc4ccccc45)cc3)c21. The molecule has 10 aromatic rings. The van der Waals surface area contributed by atoms with Gasteiger partial charge in [-0.1, -0.05) is 176 Å². The fraction of sp³-hybridized carbons (Fsp3) is 0.0968.